The molecule has 1 fully saturated rings. The molecular formula is C26H26N4O4S. The highest BCUT2D eigenvalue weighted by atomic mass is 32.2. The van der Waals surface area contributed by atoms with Gasteiger partial charge in [-0.1, -0.05) is 37.3 Å². The second kappa shape index (κ2) is 10.6. The van der Waals surface area contributed by atoms with E-state index < -0.39 is 21.8 Å². The lowest BCUT2D eigenvalue weighted by Gasteiger charge is -2.10. The van der Waals surface area contributed by atoms with Gasteiger partial charge in [-0.3, -0.25) is 4.79 Å². The lowest BCUT2D eigenvalue weighted by Crippen LogP contribution is -2.36. The topological polar surface area (TPSA) is 114 Å². The molecular weight excluding hydrogens is 464 g/mol. The zero-order valence-electron chi connectivity index (χ0n) is 19.3. The molecule has 2 aromatic carbocycles. The zero-order chi connectivity index (χ0) is 24.8. The van der Waals surface area contributed by atoms with Crippen molar-refractivity contribution in [2.75, 3.05) is 18.1 Å². The van der Waals surface area contributed by atoms with Crippen LogP contribution >= 0.6 is 0 Å². The van der Waals surface area contributed by atoms with E-state index in [1.54, 1.807) is 10.9 Å². The number of para-hydroxylation sites is 1. The second-order valence-corrected chi connectivity index (χ2v) is 10.6. The Balaban J connectivity index is 1.71. The third-order valence-electron chi connectivity index (χ3n) is 5.58. The molecule has 1 aromatic heterocycles. The third kappa shape index (κ3) is 5.97. The van der Waals surface area contributed by atoms with Gasteiger partial charge < -0.3 is 10.1 Å². The standard InChI is InChI=1S/C26H26N4O4S/c1-2-12-34-24-10-6-7-19(15-24)25-21(17-30(29-25)23-8-4-3-5-9-23)14-20(16-27)26(31)28-22-11-13-35(32,33)18-22/h3-10,14-15,17,22H,2,11-13,18H2,1H3,(H,28,31). The summed E-state index contributed by atoms with van der Waals surface area (Å²) in [7, 11) is -3.16. The molecule has 3 aromatic rings. The van der Waals surface area contributed by atoms with Gasteiger partial charge in [0.2, 0.25) is 0 Å². The van der Waals surface area contributed by atoms with E-state index in [-0.39, 0.29) is 17.1 Å². The predicted molar refractivity (Wildman–Crippen MR) is 134 cm³/mol. The predicted octanol–water partition coefficient (Wildman–Crippen LogP) is 3.54. The summed E-state index contributed by atoms with van der Waals surface area (Å²) >= 11 is 0. The van der Waals surface area contributed by atoms with Crippen molar-refractivity contribution in [3.63, 3.8) is 0 Å². The number of sulfone groups is 1. The van der Waals surface area contributed by atoms with Crippen LogP contribution in [-0.4, -0.2) is 48.3 Å². The Kier molecular flexibility index (Phi) is 7.32. The van der Waals surface area contributed by atoms with E-state index >= 15 is 0 Å². The van der Waals surface area contributed by atoms with Crippen LogP contribution in [0.3, 0.4) is 0 Å². The zero-order valence-corrected chi connectivity index (χ0v) is 20.2. The Morgan fingerprint density at radius 3 is 2.74 bits per heavy atom. The van der Waals surface area contributed by atoms with E-state index in [1.165, 1.54) is 6.08 Å². The number of aromatic nitrogens is 2. The molecule has 1 unspecified atom stereocenters. The first-order valence-electron chi connectivity index (χ1n) is 11.4. The molecule has 0 aliphatic carbocycles. The molecule has 1 atom stereocenters. The van der Waals surface area contributed by atoms with E-state index in [0.717, 1.165) is 17.7 Å². The number of hydrogen-bond acceptors (Lipinski definition) is 6. The molecule has 1 amide bonds. The summed E-state index contributed by atoms with van der Waals surface area (Å²) in [5.74, 6) is 0.0231. The smallest absolute Gasteiger partial charge is 0.262 e. The van der Waals surface area contributed by atoms with Crippen molar-refractivity contribution in [3.05, 3.63) is 71.9 Å². The maximum Gasteiger partial charge on any atom is 0.262 e. The number of benzene rings is 2. The van der Waals surface area contributed by atoms with Crippen molar-refractivity contribution in [1.29, 1.82) is 5.26 Å². The van der Waals surface area contributed by atoms with Crippen LogP contribution in [0.2, 0.25) is 0 Å². The van der Waals surface area contributed by atoms with Crippen LogP contribution in [-0.2, 0) is 14.6 Å². The van der Waals surface area contributed by atoms with Crippen molar-refractivity contribution < 1.29 is 17.9 Å². The van der Waals surface area contributed by atoms with Crippen LogP contribution in [0.25, 0.3) is 23.0 Å². The Hall–Kier alpha value is -3.90. The van der Waals surface area contributed by atoms with Crippen molar-refractivity contribution in [3.8, 4) is 28.8 Å². The first-order valence-corrected chi connectivity index (χ1v) is 13.2. The number of amides is 1. The van der Waals surface area contributed by atoms with Crippen LogP contribution in [0.1, 0.15) is 25.3 Å². The number of ether oxygens (including phenoxy) is 1. The summed E-state index contributed by atoms with van der Waals surface area (Å²) < 4.78 is 30.9. The minimum Gasteiger partial charge on any atom is -0.494 e. The summed E-state index contributed by atoms with van der Waals surface area (Å²) in [6, 6.07) is 18.5. The van der Waals surface area contributed by atoms with Crippen molar-refractivity contribution in [2.24, 2.45) is 0 Å². The minimum atomic E-state index is -3.16. The molecule has 1 aliphatic heterocycles. The average Bonchev–Trinajstić information content (AvgIpc) is 3.44. The molecule has 4 rings (SSSR count). The Morgan fingerprint density at radius 2 is 2.06 bits per heavy atom. The van der Waals surface area contributed by atoms with Crippen LogP contribution in [0.5, 0.6) is 5.75 Å². The fraction of sp³-hybridized carbons (Fsp3) is 0.269. The van der Waals surface area contributed by atoms with E-state index in [0.29, 0.717) is 30.0 Å². The van der Waals surface area contributed by atoms with Gasteiger partial charge in [-0.25, -0.2) is 13.1 Å². The van der Waals surface area contributed by atoms with Gasteiger partial charge in [-0.15, -0.1) is 0 Å². The van der Waals surface area contributed by atoms with Gasteiger partial charge in [-0.2, -0.15) is 10.4 Å². The molecule has 0 spiro atoms. The van der Waals surface area contributed by atoms with E-state index in [1.807, 2.05) is 67.6 Å². The number of carbonyl (C=O) groups is 1. The van der Waals surface area contributed by atoms with Crippen molar-refractivity contribution in [2.45, 2.75) is 25.8 Å². The maximum atomic E-state index is 12.8. The highest BCUT2D eigenvalue weighted by Crippen LogP contribution is 2.28. The summed E-state index contributed by atoms with van der Waals surface area (Å²) in [5.41, 5.74) is 2.64. The SMILES string of the molecule is CCCOc1cccc(-c2nn(-c3ccccc3)cc2C=C(C#N)C(=O)NC2CCS(=O)(=O)C2)c1. The van der Waals surface area contributed by atoms with Crippen LogP contribution < -0.4 is 10.1 Å². The summed E-state index contributed by atoms with van der Waals surface area (Å²) in [4.78, 5) is 12.8. The van der Waals surface area contributed by atoms with Crippen molar-refractivity contribution >= 4 is 21.8 Å². The van der Waals surface area contributed by atoms with Gasteiger partial charge in [-0.05, 0) is 43.2 Å². The average molecular weight is 491 g/mol. The number of rotatable bonds is 8. The number of nitriles is 1. The molecule has 1 saturated heterocycles. The van der Waals surface area contributed by atoms with Crippen molar-refractivity contribution in [1.82, 2.24) is 15.1 Å². The first kappa shape index (κ1) is 24.2. The number of nitrogens with zero attached hydrogens (tertiary/aromatic N) is 3. The Morgan fingerprint density at radius 1 is 1.26 bits per heavy atom. The Labute approximate surface area is 204 Å². The molecule has 35 heavy (non-hydrogen) atoms. The van der Waals surface area contributed by atoms with Crippen LogP contribution in [0, 0.1) is 11.3 Å². The Bertz CT molecular complexity index is 1390. The molecule has 1 N–H and O–H groups in total. The van der Waals surface area contributed by atoms with E-state index in [9.17, 15) is 18.5 Å². The first-order chi connectivity index (χ1) is 16.9. The highest BCUT2D eigenvalue weighted by Gasteiger charge is 2.29. The summed E-state index contributed by atoms with van der Waals surface area (Å²) in [5, 5.41) is 17.1. The maximum absolute atomic E-state index is 12.8. The van der Waals surface area contributed by atoms with Crippen LogP contribution in [0.4, 0.5) is 0 Å². The largest absolute Gasteiger partial charge is 0.494 e. The normalized spacial score (nSPS) is 17.0. The molecule has 0 radical (unpaired) electrons. The molecule has 180 valence electrons. The fourth-order valence-corrected chi connectivity index (χ4v) is 5.53. The minimum absolute atomic E-state index is 0.0357. The lowest BCUT2D eigenvalue weighted by molar-refractivity contribution is -0.117. The van der Waals surface area contributed by atoms with Gasteiger partial charge in [0.15, 0.2) is 9.84 Å². The molecule has 8 nitrogen and oxygen atoms in total. The van der Waals surface area contributed by atoms with Gasteiger partial charge in [0.05, 0.1) is 23.8 Å². The second-order valence-electron chi connectivity index (χ2n) is 8.33. The molecule has 2 heterocycles. The number of nitrogens with one attached hydrogen (secondary N) is 1. The highest BCUT2D eigenvalue weighted by molar-refractivity contribution is 7.91. The number of carbonyl (C=O) groups excluding carboxylic acids is 1. The third-order valence-corrected chi connectivity index (χ3v) is 7.34. The monoisotopic (exact) mass is 490 g/mol. The number of hydrogen-bond donors (Lipinski definition) is 1. The van der Waals surface area contributed by atoms with Gasteiger partial charge in [0.25, 0.3) is 5.91 Å². The molecule has 0 saturated carbocycles. The fourth-order valence-electron chi connectivity index (χ4n) is 3.86. The summed E-state index contributed by atoms with van der Waals surface area (Å²) in [6.07, 6.45) is 4.47. The van der Waals surface area contributed by atoms with Crippen LogP contribution in [0.15, 0.2) is 66.4 Å². The molecule has 1 aliphatic rings. The molecule has 9 heteroatoms. The molecule has 0 bridgehead atoms. The van der Waals surface area contributed by atoms with Gasteiger partial charge >= 0.3 is 0 Å². The summed E-state index contributed by atoms with van der Waals surface area (Å²) in [6.45, 7) is 2.62. The van der Waals surface area contributed by atoms with Gasteiger partial charge in [0, 0.05) is 23.4 Å². The lowest BCUT2D eigenvalue weighted by atomic mass is 10.1. The van der Waals surface area contributed by atoms with E-state index in [2.05, 4.69) is 5.32 Å². The van der Waals surface area contributed by atoms with E-state index in [4.69, 9.17) is 9.84 Å². The van der Waals surface area contributed by atoms with Gasteiger partial charge in [0.1, 0.15) is 23.1 Å². The quantitative estimate of drug-likeness (QED) is 0.382.